The van der Waals surface area contributed by atoms with Crippen LogP contribution in [0.25, 0.3) is 6.08 Å². The number of hydrogen-bond acceptors (Lipinski definition) is 8. The van der Waals surface area contributed by atoms with Gasteiger partial charge in [-0.25, -0.2) is 4.79 Å². The van der Waals surface area contributed by atoms with Crippen LogP contribution >= 0.6 is 0 Å². The fraction of sp³-hybridized carbons (Fsp3) is 0.192. The Balaban J connectivity index is 1.32. The zero-order valence-electron chi connectivity index (χ0n) is 19.3. The average molecular weight is 486 g/mol. The molecule has 36 heavy (non-hydrogen) atoms. The predicted octanol–water partition coefficient (Wildman–Crippen LogP) is 1.55. The number of urea groups is 1. The molecule has 1 fully saturated rings. The van der Waals surface area contributed by atoms with Crippen LogP contribution in [0.3, 0.4) is 0 Å². The molecule has 1 unspecified atom stereocenters. The van der Waals surface area contributed by atoms with E-state index >= 15 is 0 Å². The summed E-state index contributed by atoms with van der Waals surface area (Å²) in [4.78, 5) is 45.5. The highest BCUT2D eigenvalue weighted by atomic mass is 16.5. The molecule has 0 aliphatic carbocycles. The lowest BCUT2D eigenvalue weighted by Gasteiger charge is -2.34. The zero-order valence-corrected chi connectivity index (χ0v) is 19.3. The normalized spacial score (nSPS) is 17.8. The first kappa shape index (κ1) is 23.2. The number of rotatable bonds is 8. The van der Waals surface area contributed by atoms with Gasteiger partial charge in [-0.05, 0) is 60.2 Å². The number of benzene rings is 2. The monoisotopic (exact) mass is 486 g/mol. The highest BCUT2D eigenvalue weighted by Crippen LogP contribution is 2.28. The Morgan fingerprint density at radius 3 is 2.36 bits per heavy atom. The van der Waals surface area contributed by atoms with E-state index < -0.39 is 23.4 Å². The van der Waals surface area contributed by atoms with Crippen molar-refractivity contribution in [2.75, 3.05) is 13.7 Å². The lowest BCUT2D eigenvalue weighted by Crippen LogP contribution is -2.69. The number of nitrogens with zero attached hydrogens (tertiary/aromatic N) is 2. The molecule has 5 rings (SSSR count). The summed E-state index contributed by atoms with van der Waals surface area (Å²) in [6.45, 7) is 0.0689. The maximum absolute atomic E-state index is 12.5. The van der Waals surface area contributed by atoms with Gasteiger partial charge in [-0.1, -0.05) is 6.07 Å². The molecule has 1 atom stereocenters. The number of carbonyl (C=O) groups excluding carboxylic acids is 3. The number of barbiturate groups is 1. The smallest absolute Gasteiger partial charge is 0.328 e. The Kier molecular flexibility index (Phi) is 6.17. The third-order valence-corrected chi connectivity index (χ3v) is 5.84. The molecular formula is C26H22N4O6. The number of methoxy groups -OCH3 is 1. The summed E-state index contributed by atoms with van der Waals surface area (Å²) in [6, 6.07) is 15.0. The summed E-state index contributed by atoms with van der Waals surface area (Å²) in [5.74, 6) is -0.295. The number of hydrogen-bond donors (Lipinski definition) is 2. The van der Waals surface area contributed by atoms with Gasteiger partial charge in [0, 0.05) is 31.1 Å². The topological polar surface area (TPSA) is 128 Å². The van der Waals surface area contributed by atoms with Crippen molar-refractivity contribution < 1.29 is 28.6 Å². The van der Waals surface area contributed by atoms with Crippen LogP contribution in [-0.4, -0.2) is 42.1 Å². The Morgan fingerprint density at radius 1 is 0.944 bits per heavy atom. The van der Waals surface area contributed by atoms with E-state index in [9.17, 15) is 14.4 Å². The van der Waals surface area contributed by atoms with E-state index in [0.717, 1.165) is 16.1 Å². The second-order valence-electron chi connectivity index (χ2n) is 8.23. The third kappa shape index (κ3) is 4.53. The van der Waals surface area contributed by atoms with E-state index in [-0.39, 0.29) is 24.8 Å². The molecule has 4 amide bonds. The molecule has 0 bridgehead atoms. The van der Waals surface area contributed by atoms with E-state index in [4.69, 9.17) is 19.2 Å². The second-order valence-corrected chi connectivity index (χ2v) is 8.23. The Bertz CT molecular complexity index is 1420. The minimum absolute atomic E-state index is 0.0689. The van der Waals surface area contributed by atoms with Gasteiger partial charge in [0.25, 0.3) is 17.4 Å². The molecule has 0 spiro atoms. The number of fused-ring (bicyclic) bond motifs is 1. The minimum atomic E-state index is -1.93. The number of aromatic nitrogens is 1. The van der Waals surface area contributed by atoms with E-state index in [1.165, 1.54) is 7.11 Å². The molecule has 0 saturated carbocycles. The molecule has 1 saturated heterocycles. The quantitative estimate of drug-likeness (QED) is 0.463. The van der Waals surface area contributed by atoms with Crippen LogP contribution in [0, 0.1) is 0 Å². The molecular weight excluding hydrogens is 464 g/mol. The zero-order chi connectivity index (χ0) is 25.1. The summed E-state index contributed by atoms with van der Waals surface area (Å²) in [6.07, 6.45) is 5.51. The number of carbonyl (C=O) groups is 3. The van der Waals surface area contributed by atoms with E-state index in [2.05, 4.69) is 21.7 Å². The number of pyridine rings is 1. The first-order valence-corrected chi connectivity index (χ1v) is 11.2. The molecule has 2 N–H and O–H groups in total. The fourth-order valence-electron chi connectivity index (χ4n) is 4.00. The number of ether oxygens (including phenoxy) is 3. The van der Waals surface area contributed by atoms with Crippen LogP contribution in [-0.2, 0) is 14.3 Å². The van der Waals surface area contributed by atoms with Crippen molar-refractivity contribution in [3.63, 3.8) is 0 Å². The minimum Gasteiger partial charge on any atom is -0.467 e. The molecule has 0 radical (unpaired) electrons. The van der Waals surface area contributed by atoms with Gasteiger partial charge >= 0.3 is 6.03 Å². The van der Waals surface area contributed by atoms with E-state index in [1.807, 2.05) is 30.3 Å². The number of amides is 4. The van der Waals surface area contributed by atoms with Crippen molar-refractivity contribution in [3.05, 3.63) is 83.1 Å². The van der Waals surface area contributed by atoms with Crippen LogP contribution < -0.4 is 30.7 Å². The predicted molar refractivity (Wildman–Crippen MR) is 127 cm³/mol. The third-order valence-electron chi connectivity index (χ3n) is 5.84. The first-order valence-electron chi connectivity index (χ1n) is 11.2. The Morgan fingerprint density at radius 2 is 1.67 bits per heavy atom. The Labute approximate surface area is 205 Å². The van der Waals surface area contributed by atoms with Gasteiger partial charge in [0.1, 0.15) is 17.2 Å². The van der Waals surface area contributed by atoms with Crippen molar-refractivity contribution in [2.24, 2.45) is 4.99 Å². The largest absolute Gasteiger partial charge is 0.467 e. The molecule has 10 heteroatoms. The standard InChI is InChI=1S/C26H22N4O6/c1-34-12-10-26(23(31)29-25(33)30-24(26)32)36-19-6-4-18(5-7-19)35-20-8-9-21-17(13-20)14-22(28-21)16-3-2-11-27-15-16/h2-9,11,13-15,22H,10,12H2,1H3,(H2,29,30,31,32,33). The molecule has 2 aromatic carbocycles. The highest BCUT2D eigenvalue weighted by Gasteiger charge is 2.52. The highest BCUT2D eigenvalue weighted by molar-refractivity contribution is 6.21. The van der Waals surface area contributed by atoms with Crippen molar-refractivity contribution in [3.8, 4) is 17.2 Å². The second kappa shape index (κ2) is 9.59. The van der Waals surface area contributed by atoms with Crippen LogP contribution in [0.2, 0.25) is 0 Å². The number of nitrogens with one attached hydrogen (secondary N) is 2. The summed E-state index contributed by atoms with van der Waals surface area (Å²) >= 11 is 0. The van der Waals surface area contributed by atoms with Gasteiger partial charge < -0.3 is 14.2 Å². The maximum Gasteiger partial charge on any atom is 0.328 e. The van der Waals surface area contributed by atoms with Crippen LogP contribution in [0.1, 0.15) is 18.0 Å². The summed E-state index contributed by atoms with van der Waals surface area (Å²) in [5.41, 5.74) is -0.920. The molecule has 3 aromatic rings. The van der Waals surface area contributed by atoms with Crippen LogP contribution in [0.4, 0.5) is 4.79 Å². The van der Waals surface area contributed by atoms with Crippen molar-refractivity contribution in [1.29, 1.82) is 0 Å². The average Bonchev–Trinajstić information content (AvgIpc) is 3.31. The molecule has 1 aromatic heterocycles. The van der Waals surface area contributed by atoms with Crippen molar-refractivity contribution in [2.45, 2.75) is 18.1 Å². The molecule has 2 aliphatic rings. The van der Waals surface area contributed by atoms with E-state index in [0.29, 0.717) is 11.5 Å². The van der Waals surface area contributed by atoms with Crippen LogP contribution in [0.15, 0.2) is 72.0 Å². The molecule has 3 heterocycles. The van der Waals surface area contributed by atoms with E-state index in [1.54, 1.807) is 36.7 Å². The SMILES string of the molecule is COCCC1(Oc2ccc(Oc3ccc4c(c3)=CC(c3cccnc3)N=4)cc2)C(=O)NC(=O)NC1=O. The summed E-state index contributed by atoms with van der Waals surface area (Å²) in [7, 11) is 1.44. The van der Waals surface area contributed by atoms with Gasteiger partial charge in [0.15, 0.2) is 0 Å². The molecule has 2 aliphatic heterocycles. The molecule has 10 nitrogen and oxygen atoms in total. The lowest BCUT2D eigenvalue weighted by atomic mass is 9.95. The first-order chi connectivity index (χ1) is 17.5. The number of imide groups is 2. The lowest BCUT2D eigenvalue weighted by molar-refractivity contribution is -0.153. The van der Waals surface area contributed by atoms with Crippen molar-refractivity contribution in [1.82, 2.24) is 15.6 Å². The van der Waals surface area contributed by atoms with Gasteiger partial charge in [0.05, 0.1) is 18.0 Å². The van der Waals surface area contributed by atoms with Crippen molar-refractivity contribution >= 4 is 23.9 Å². The maximum atomic E-state index is 12.5. The van der Waals surface area contributed by atoms with Crippen LogP contribution in [0.5, 0.6) is 17.2 Å². The fourth-order valence-corrected chi connectivity index (χ4v) is 4.00. The summed E-state index contributed by atoms with van der Waals surface area (Å²) < 4.78 is 16.8. The van der Waals surface area contributed by atoms with Gasteiger partial charge in [0.2, 0.25) is 0 Å². The summed E-state index contributed by atoms with van der Waals surface area (Å²) in [5, 5.41) is 6.00. The molecule has 182 valence electrons. The van der Waals surface area contributed by atoms with Gasteiger partial charge in [-0.3, -0.25) is 30.2 Å². The van der Waals surface area contributed by atoms with Gasteiger partial charge in [-0.2, -0.15) is 0 Å². The van der Waals surface area contributed by atoms with Gasteiger partial charge in [-0.15, -0.1) is 0 Å². The Hall–Kier alpha value is -4.57.